The summed E-state index contributed by atoms with van der Waals surface area (Å²) in [6.45, 7) is 0. The summed E-state index contributed by atoms with van der Waals surface area (Å²) in [5.74, 6) is -0.524. The van der Waals surface area contributed by atoms with Crippen LogP contribution in [-0.2, 0) is 9.84 Å². The van der Waals surface area contributed by atoms with E-state index in [0.29, 0.717) is 0 Å². The van der Waals surface area contributed by atoms with Gasteiger partial charge in [-0.25, -0.2) is 13.4 Å². The summed E-state index contributed by atoms with van der Waals surface area (Å²) in [5.41, 5.74) is 0.322. The molecule has 0 fully saturated rings. The fraction of sp³-hybridized carbons (Fsp3) is 0.0769. The van der Waals surface area contributed by atoms with Gasteiger partial charge in [-0.3, -0.25) is 4.79 Å². The first-order valence-electron chi connectivity index (χ1n) is 5.61. The van der Waals surface area contributed by atoms with Gasteiger partial charge >= 0.3 is 0 Å². The first-order valence-corrected chi connectivity index (χ1v) is 7.88. The van der Waals surface area contributed by atoms with Crippen LogP contribution in [0.15, 0.2) is 47.4 Å². The van der Waals surface area contributed by atoms with Crippen LogP contribution in [0.25, 0.3) is 0 Å². The number of pyridine rings is 1. The second-order valence-electron chi connectivity index (χ2n) is 4.07. The molecule has 20 heavy (non-hydrogen) atoms. The Balaban J connectivity index is 2.34. The van der Waals surface area contributed by atoms with E-state index in [9.17, 15) is 13.2 Å². The molecule has 0 bridgehead atoms. The predicted octanol–water partition coefficient (Wildman–Crippen LogP) is 2.39. The van der Waals surface area contributed by atoms with Gasteiger partial charge in [0.1, 0.15) is 10.8 Å². The van der Waals surface area contributed by atoms with E-state index in [1.807, 2.05) is 0 Å². The monoisotopic (exact) mass is 310 g/mol. The van der Waals surface area contributed by atoms with Gasteiger partial charge in [0.25, 0.3) is 5.91 Å². The van der Waals surface area contributed by atoms with Crippen LogP contribution in [0.4, 0.5) is 5.69 Å². The molecule has 7 heteroatoms. The first-order chi connectivity index (χ1) is 9.38. The molecule has 0 aliphatic carbocycles. The lowest BCUT2D eigenvalue weighted by Crippen LogP contribution is -2.15. The summed E-state index contributed by atoms with van der Waals surface area (Å²) in [7, 11) is -3.43. The molecular weight excluding hydrogens is 300 g/mol. The molecule has 0 atom stereocenters. The van der Waals surface area contributed by atoms with E-state index in [0.717, 1.165) is 6.26 Å². The number of carbonyl (C=O) groups excluding carboxylic acids is 1. The molecule has 0 saturated heterocycles. The minimum atomic E-state index is -3.43. The Hall–Kier alpha value is -1.92. The minimum Gasteiger partial charge on any atom is -0.319 e. The van der Waals surface area contributed by atoms with Crippen LogP contribution in [0, 0.1) is 0 Å². The summed E-state index contributed by atoms with van der Waals surface area (Å²) in [6.07, 6.45) is 1.08. The fourth-order valence-electron chi connectivity index (χ4n) is 1.61. The summed E-state index contributed by atoms with van der Waals surface area (Å²) in [5, 5.41) is 2.71. The Morgan fingerprint density at radius 1 is 1.15 bits per heavy atom. The third-order valence-corrected chi connectivity index (χ3v) is 3.85. The number of benzene rings is 1. The molecule has 2 rings (SSSR count). The number of halogens is 1. The van der Waals surface area contributed by atoms with Crippen molar-refractivity contribution in [1.29, 1.82) is 0 Å². The summed E-state index contributed by atoms with van der Waals surface area (Å²) < 4.78 is 23.3. The average Bonchev–Trinajstić information content (AvgIpc) is 2.38. The lowest BCUT2D eigenvalue weighted by atomic mass is 10.3. The minimum absolute atomic E-state index is 0.0513. The van der Waals surface area contributed by atoms with Crippen LogP contribution in [-0.4, -0.2) is 25.6 Å². The van der Waals surface area contributed by atoms with Crippen molar-refractivity contribution in [2.24, 2.45) is 0 Å². The van der Waals surface area contributed by atoms with Crippen molar-refractivity contribution in [2.45, 2.75) is 4.90 Å². The molecule has 0 radical (unpaired) electrons. The topological polar surface area (TPSA) is 76.1 Å². The molecule has 1 amide bonds. The van der Waals surface area contributed by atoms with Crippen LogP contribution in [0.5, 0.6) is 0 Å². The predicted molar refractivity (Wildman–Crippen MR) is 76.8 cm³/mol. The maximum atomic E-state index is 12.0. The van der Waals surface area contributed by atoms with Gasteiger partial charge in [-0.2, -0.15) is 0 Å². The third kappa shape index (κ3) is 3.34. The van der Waals surface area contributed by atoms with Crippen molar-refractivity contribution in [3.8, 4) is 0 Å². The smallest absolute Gasteiger partial charge is 0.274 e. The number of hydrogen-bond donors (Lipinski definition) is 1. The largest absolute Gasteiger partial charge is 0.319 e. The quantitative estimate of drug-likeness (QED) is 0.883. The molecule has 1 aromatic carbocycles. The number of carbonyl (C=O) groups is 1. The Morgan fingerprint density at radius 2 is 1.85 bits per heavy atom. The number of rotatable bonds is 3. The molecule has 0 unspecified atom stereocenters. The molecule has 1 heterocycles. The van der Waals surface area contributed by atoms with Gasteiger partial charge in [-0.05, 0) is 24.3 Å². The van der Waals surface area contributed by atoms with E-state index in [1.165, 1.54) is 18.2 Å². The number of nitrogens with zero attached hydrogens (tertiary/aromatic N) is 1. The Kier molecular flexibility index (Phi) is 4.06. The van der Waals surface area contributed by atoms with Crippen molar-refractivity contribution < 1.29 is 13.2 Å². The van der Waals surface area contributed by atoms with Gasteiger partial charge < -0.3 is 5.32 Å². The SMILES string of the molecule is CS(=O)(=O)c1ccccc1NC(=O)c1cccc(Cl)n1. The van der Waals surface area contributed by atoms with Crippen LogP contribution in [0.1, 0.15) is 10.5 Å². The lowest BCUT2D eigenvalue weighted by Gasteiger charge is -2.09. The van der Waals surface area contributed by atoms with Gasteiger partial charge in [0.2, 0.25) is 0 Å². The molecule has 0 aliphatic rings. The van der Waals surface area contributed by atoms with Crippen LogP contribution in [0.2, 0.25) is 5.15 Å². The van der Waals surface area contributed by atoms with Crippen molar-refractivity contribution in [1.82, 2.24) is 4.98 Å². The van der Waals surface area contributed by atoms with E-state index in [2.05, 4.69) is 10.3 Å². The van der Waals surface area contributed by atoms with Gasteiger partial charge in [0.15, 0.2) is 9.84 Å². The number of para-hydroxylation sites is 1. The number of amides is 1. The van der Waals surface area contributed by atoms with Crippen molar-refractivity contribution in [3.05, 3.63) is 53.3 Å². The molecule has 5 nitrogen and oxygen atoms in total. The third-order valence-electron chi connectivity index (χ3n) is 2.48. The maximum absolute atomic E-state index is 12.0. The summed E-state index contributed by atoms with van der Waals surface area (Å²) >= 11 is 5.71. The number of hydrogen-bond acceptors (Lipinski definition) is 4. The van der Waals surface area contributed by atoms with E-state index in [-0.39, 0.29) is 21.4 Å². The molecule has 0 aliphatic heterocycles. The van der Waals surface area contributed by atoms with Gasteiger partial charge in [-0.1, -0.05) is 29.8 Å². The zero-order chi connectivity index (χ0) is 14.8. The molecule has 1 aromatic heterocycles. The van der Waals surface area contributed by atoms with Crippen molar-refractivity contribution in [2.75, 3.05) is 11.6 Å². The zero-order valence-electron chi connectivity index (χ0n) is 10.5. The highest BCUT2D eigenvalue weighted by atomic mass is 35.5. The average molecular weight is 311 g/mol. The van der Waals surface area contributed by atoms with Crippen LogP contribution in [0.3, 0.4) is 0 Å². The Morgan fingerprint density at radius 3 is 2.50 bits per heavy atom. The molecule has 2 aromatic rings. The number of nitrogens with one attached hydrogen (secondary N) is 1. The molecule has 104 valence electrons. The van der Waals surface area contributed by atoms with Gasteiger partial charge in [0, 0.05) is 6.26 Å². The molecule has 1 N–H and O–H groups in total. The normalized spacial score (nSPS) is 11.1. The van der Waals surface area contributed by atoms with E-state index >= 15 is 0 Å². The molecule has 0 spiro atoms. The van der Waals surface area contributed by atoms with E-state index < -0.39 is 15.7 Å². The first kappa shape index (κ1) is 14.5. The summed E-state index contributed by atoms with van der Waals surface area (Å²) in [4.78, 5) is 15.9. The fourth-order valence-corrected chi connectivity index (χ4v) is 2.62. The van der Waals surface area contributed by atoms with Crippen LogP contribution < -0.4 is 5.32 Å². The van der Waals surface area contributed by atoms with E-state index in [1.54, 1.807) is 24.3 Å². The Labute approximate surface area is 121 Å². The van der Waals surface area contributed by atoms with Crippen molar-refractivity contribution in [3.63, 3.8) is 0 Å². The van der Waals surface area contributed by atoms with Crippen molar-refractivity contribution >= 4 is 33.0 Å². The molecule has 0 saturated carbocycles. The standard InChI is InChI=1S/C13H11ClN2O3S/c1-20(18,19)11-7-3-2-5-9(11)16-13(17)10-6-4-8-12(14)15-10/h2-8H,1H3,(H,16,17). The Bertz CT molecular complexity index is 760. The maximum Gasteiger partial charge on any atom is 0.274 e. The zero-order valence-corrected chi connectivity index (χ0v) is 12.1. The number of sulfone groups is 1. The van der Waals surface area contributed by atoms with Gasteiger partial charge in [-0.15, -0.1) is 0 Å². The number of anilines is 1. The van der Waals surface area contributed by atoms with Crippen LogP contribution >= 0.6 is 11.6 Å². The molecular formula is C13H11ClN2O3S. The second kappa shape index (κ2) is 5.60. The second-order valence-corrected chi connectivity index (χ2v) is 6.44. The highest BCUT2D eigenvalue weighted by Crippen LogP contribution is 2.21. The van der Waals surface area contributed by atoms with E-state index in [4.69, 9.17) is 11.6 Å². The summed E-state index contributed by atoms with van der Waals surface area (Å²) in [6, 6.07) is 10.8. The highest BCUT2D eigenvalue weighted by molar-refractivity contribution is 7.90. The number of aromatic nitrogens is 1. The highest BCUT2D eigenvalue weighted by Gasteiger charge is 2.15. The lowest BCUT2D eigenvalue weighted by molar-refractivity contribution is 0.102. The van der Waals surface area contributed by atoms with Gasteiger partial charge in [0.05, 0.1) is 10.6 Å².